The highest BCUT2D eigenvalue weighted by atomic mass is 79.9. The topological polar surface area (TPSA) is 52.5 Å². The van der Waals surface area contributed by atoms with Crippen molar-refractivity contribution in [2.75, 3.05) is 0 Å². The van der Waals surface area contributed by atoms with Crippen molar-refractivity contribution >= 4 is 27.0 Å². The Morgan fingerprint density at radius 3 is 2.62 bits per heavy atom. The molecule has 0 atom stereocenters. The van der Waals surface area contributed by atoms with Crippen LogP contribution >= 0.6 is 15.9 Å². The summed E-state index contributed by atoms with van der Waals surface area (Å²) < 4.78 is 38.0. The molecule has 3 nitrogen and oxygen atoms in total. The lowest BCUT2D eigenvalue weighted by Crippen LogP contribution is -2.07. The second kappa shape index (κ2) is 3.49. The second-order valence-corrected chi connectivity index (χ2v) is 3.77. The zero-order valence-electron chi connectivity index (χ0n) is 7.56. The fraction of sp³-hybridized carbons (Fsp3) is 0.111. The molecule has 0 aliphatic carbocycles. The summed E-state index contributed by atoms with van der Waals surface area (Å²) >= 11 is 3.01. The van der Waals surface area contributed by atoms with Crippen molar-refractivity contribution in [3.63, 3.8) is 0 Å². The molecule has 0 saturated carbocycles. The molecule has 16 heavy (non-hydrogen) atoms. The van der Waals surface area contributed by atoms with Crippen molar-refractivity contribution < 1.29 is 13.2 Å². The number of aromatic nitrogens is 2. The first-order valence-corrected chi connectivity index (χ1v) is 4.88. The fourth-order valence-corrected chi connectivity index (χ4v) is 1.79. The van der Waals surface area contributed by atoms with E-state index >= 15 is 0 Å². The second-order valence-electron chi connectivity index (χ2n) is 3.02. The average Bonchev–Trinajstić information content (AvgIpc) is 2.54. The summed E-state index contributed by atoms with van der Waals surface area (Å²) in [5.74, 6) is 0. The molecule has 2 aromatic rings. The minimum Gasteiger partial charge on any atom is -0.332 e. The van der Waals surface area contributed by atoms with Gasteiger partial charge in [-0.2, -0.15) is 18.4 Å². The molecule has 1 N–H and O–H groups in total. The van der Waals surface area contributed by atoms with Crippen LogP contribution in [0.15, 0.2) is 16.9 Å². The van der Waals surface area contributed by atoms with Gasteiger partial charge in [0.15, 0.2) is 4.73 Å². The molecule has 1 heterocycles. The van der Waals surface area contributed by atoms with E-state index in [1.54, 1.807) is 0 Å². The highest BCUT2D eigenvalue weighted by Crippen LogP contribution is 2.34. The minimum atomic E-state index is -4.55. The van der Waals surface area contributed by atoms with Crippen LogP contribution in [-0.2, 0) is 6.18 Å². The van der Waals surface area contributed by atoms with Gasteiger partial charge in [-0.3, -0.25) is 0 Å². The predicted octanol–water partition coefficient (Wildman–Crippen LogP) is 3.22. The molecule has 0 fully saturated rings. The number of nitriles is 1. The molecule has 0 aliphatic rings. The Bertz CT molecular complexity index is 594. The van der Waals surface area contributed by atoms with Gasteiger partial charge in [-0.25, -0.2) is 4.98 Å². The monoisotopic (exact) mass is 289 g/mol. The van der Waals surface area contributed by atoms with Crippen LogP contribution in [0.3, 0.4) is 0 Å². The third kappa shape index (κ3) is 1.65. The van der Waals surface area contributed by atoms with Gasteiger partial charge in [0, 0.05) is 0 Å². The zero-order valence-corrected chi connectivity index (χ0v) is 9.15. The molecule has 0 saturated heterocycles. The molecule has 7 heteroatoms. The predicted molar refractivity (Wildman–Crippen MR) is 53.5 cm³/mol. The summed E-state index contributed by atoms with van der Waals surface area (Å²) in [6, 6.07) is 3.65. The third-order valence-corrected chi connectivity index (χ3v) is 2.42. The van der Waals surface area contributed by atoms with E-state index in [4.69, 9.17) is 5.26 Å². The lowest BCUT2D eigenvalue weighted by atomic mass is 10.1. The van der Waals surface area contributed by atoms with Crippen LogP contribution < -0.4 is 0 Å². The maximum atomic E-state index is 12.6. The number of fused-ring (bicyclic) bond motifs is 1. The van der Waals surface area contributed by atoms with Crippen LogP contribution in [-0.4, -0.2) is 9.97 Å². The number of hydrogen-bond donors (Lipinski definition) is 1. The van der Waals surface area contributed by atoms with E-state index in [1.807, 2.05) is 0 Å². The Balaban J connectivity index is 2.84. The minimum absolute atomic E-state index is 0.0178. The number of halogens is 4. The van der Waals surface area contributed by atoms with E-state index in [9.17, 15) is 13.2 Å². The van der Waals surface area contributed by atoms with Gasteiger partial charge in [0.2, 0.25) is 0 Å². The number of aromatic amines is 1. The summed E-state index contributed by atoms with van der Waals surface area (Å²) in [5.41, 5.74) is -1.03. The molecule has 0 unspecified atom stereocenters. The molecular weight excluding hydrogens is 287 g/mol. The Hall–Kier alpha value is -1.55. The number of benzene rings is 1. The molecule has 0 radical (unpaired) electrons. The lowest BCUT2D eigenvalue weighted by molar-refractivity contribution is -0.137. The number of rotatable bonds is 0. The van der Waals surface area contributed by atoms with E-state index in [2.05, 4.69) is 25.9 Å². The highest BCUT2D eigenvalue weighted by molar-refractivity contribution is 9.10. The molecule has 0 spiro atoms. The van der Waals surface area contributed by atoms with Crippen LogP contribution in [0.25, 0.3) is 11.0 Å². The number of nitrogens with zero attached hydrogens (tertiary/aromatic N) is 2. The van der Waals surface area contributed by atoms with Gasteiger partial charge < -0.3 is 4.98 Å². The number of hydrogen-bond acceptors (Lipinski definition) is 2. The molecular formula is C9H3BrF3N3. The Labute approximate surface area is 96.0 Å². The summed E-state index contributed by atoms with van der Waals surface area (Å²) in [6.45, 7) is 0. The molecule has 0 bridgehead atoms. The van der Waals surface area contributed by atoms with Gasteiger partial charge in [0.1, 0.15) is 11.6 Å². The van der Waals surface area contributed by atoms with Gasteiger partial charge in [-0.1, -0.05) is 0 Å². The van der Waals surface area contributed by atoms with Crippen molar-refractivity contribution in [1.29, 1.82) is 5.26 Å². The third-order valence-electron chi connectivity index (χ3n) is 2.04. The zero-order chi connectivity index (χ0) is 11.9. The van der Waals surface area contributed by atoms with Gasteiger partial charge in [-0.15, -0.1) is 0 Å². The van der Waals surface area contributed by atoms with E-state index in [-0.39, 0.29) is 5.52 Å². The molecule has 1 aromatic carbocycles. The highest BCUT2D eigenvalue weighted by Gasteiger charge is 2.34. The normalized spacial score (nSPS) is 11.7. The molecule has 0 aliphatic heterocycles. The number of imidazole rings is 1. The van der Waals surface area contributed by atoms with E-state index in [0.717, 1.165) is 6.07 Å². The van der Waals surface area contributed by atoms with Crippen LogP contribution in [0.1, 0.15) is 11.1 Å². The van der Waals surface area contributed by atoms with Gasteiger partial charge in [0.25, 0.3) is 0 Å². The average molecular weight is 290 g/mol. The van der Waals surface area contributed by atoms with Crippen molar-refractivity contribution in [2.24, 2.45) is 0 Å². The van der Waals surface area contributed by atoms with Crippen LogP contribution in [0.4, 0.5) is 13.2 Å². The van der Waals surface area contributed by atoms with Crippen molar-refractivity contribution in [1.82, 2.24) is 9.97 Å². The molecule has 0 amide bonds. The lowest BCUT2D eigenvalue weighted by Gasteiger charge is -2.07. The SMILES string of the molecule is N#Cc1c(C(F)(F)F)ccc2[nH]c(Br)nc12. The van der Waals surface area contributed by atoms with Crippen LogP contribution in [0.2, 0.25) is 0 Å². The summed E-state index contributed by atoms with van der Waals surface area (Å²) in [5, 5.41) is 8.77. The summed E-state index contributed by atoms with van der Waals surface area (Å²) in [7, 11) is 0. The molecule has 2 rings (SSSR count). The Morgan fingerprint density at radius 2 is 2.06 bits per heavy atom. The standard InChI is InChI=1S/C9H3BrF3N3/c10-8-15-6-2-1-5(9(11,12)13)4(3-14)7(6)16-8/h1-2H,(H,15,16). The van der Waals surface area contributed by atoms with E-state index in [1.165, 1.54) is 12.1 Å². The largest absolute Gasteiger partial charge is 0.417 e. The first-order valence-electron chi connectivity index (χ1n) is 4.09. The van der Waals surface area contributed by atoms with Crippen molar-refractivity contribution in [3.8, 4) is 6.07 Å². The van der Waals surface area contributed by atoms with Crippen LogP contribution in [0, 0.1) is 11.3 Å². The van der Waals surface area contributed by atoms with Crippen molar-refractivity contribution in [3.05, 3.63) is 28.0 Å². The first kappa shape index (κ1) is 11.0. The summed E-state index contributed by atoms with van der Waals surface area (Å²) in [6.07, 6.45) is -4.55. The number of nitrogens with one attached hydrogen (secondary N) is 1. The maximum Gasteiger partial charge on any atom is 0.417 e. The van der Waals surface area contributed by atoms with Gasteiger partial charge >= 0.3 is 6.18 Å². The number of alkyl halides is 3. The van der Waals surface area contributed by atoms with E-state index < -0.39 is 17.3 Å². The Morgan fingerprint density at radius 1 is 1.38 bits per heavy atom. The maximum absolute atomic E-state index is 12.6. The fourth-order valence-electron chi connectivity index (χ4n) is 1.39. The summed E-state index contributed by atoms with van der Waals surface area (Å²) in [4.78, 5) is 6.50. The van der Waals surface area contributed by atoms with Crippen LogP contribution in [0.5, 0.6) is 0 Å². The number of H-pyrrole nitrogens is 1. The smallest absolute Gasteiger partial charge is 0.332 e. The van der Waals surface area contributed by atoms with E-state index in [0.29, 0.717) is 10.3 Å². The Kier molecular flexibility index (Phi) is 2.39. The quantitative estimate of drug-likeness (QED) is 0.810. The molecule has 82 valence electrons. The van der Waals surface area contributed by atoms with Gasteiger partial charge in [0.05, 0.1) is 16.6 Å². The molecule has 1 aromatic heterocycles. The van der Waals surface area contributed by atoms with Gasteiger partial charge in [-0.05, 0) is 28.1 Å². The van der Waals surface area contributed by atoms with Crippen molar-refractivity contribution in [2.45, 2.75) is 6.18 Å². The first-order chi connectivity index (χ1) is 7.43.